The van der Waals surface area contributed by atoms with Crippen molar-refractivity contribution in [1.29, 1.82) is 0 Å². The number of hydrogen-bond donors (Lipinski definition) is 0. The minimum atomic E-state index is -1.91. The van der Waals surface area contributed by atoms with Gasteiger partial charge in [-0.05, 0) is 23.9 Å². The zero-order valence-electron chi connectivity index (χ0n) is 30.3. The Kier molecular flexibility index (Phi) is 11.6. The summed E-state index contributed by atoms with van der Waals surface area (Å²) in [5.41, 5.74) is 10.2. The van der Waals surface area contributed by atoms with Crippen molar-refractivity contribution in [3.8, 4) is 33.8 Å². The molecule has 7 rings (SSSR count). The van der Waals surface area contributed by atoms with Gasteiger partial charge in [0.2, 0.25) is 5.71 Å². The smallest absolute Gasteiger partial charge is 0.216 e. The van der Waals surface area contributed by atoms with Gasteiger partial charge in [-0.25, -0.2) is 4.98 Å². The van der Waals surface area contributed by atoms with Crippen LogP contribution in [0.2, 0.25) is 17.3 Å². The van der Waals surface area contributed by atoms with Gasteiger partial charge in [-0.3, -0.25) is 0 Å². The Labute approximate surface area is 313 Å². The molecule has 0 saturated heterocycles. The molecule has 0 aliphatic rings. The topological polar surface area (TPSA) is 51.8 Å². The van der Waals surface area contributed by atoms with Gasteiger partial charge in [0.15, 0.2) is 0 Å². The molecule has 6 heteroatoms. The second-order valence-corrected chi connectivity index (χ2v) is 25.7. The number of fused-ring (bicyclic) bond motifs is 3. The van der Waals surface area contributed by atoms with Gasteiger partial charge in [-0.15, -0.1) is 18.2 Å². The van der Waals surface area contributed by atoms with E-state index < -0.39 is 13.3 Å². The number of benzene rings is 3. The predicted molar refractivity (Wildman–Crippen MR) is 208 cm³/mol. The first-order chi connectivity index (χ1) is 23.4. The van der Waals surface area contributed by atoms with Crippen LogP contribution in [0.1, 0.15) is 45.7 Å². The van der Waals surface area contributed by atoms with E-state index in [1.807, 2.05) is 72.8 Å². The largest absolute Gasteiger partial charge is 0.486 e. The maximum absolute atomic E-state index is 6.12. The van der Waals surface area contributed by atoms with Gasteiger partial charge in [0.25, 0.3) is 0 Å². The summed E-state index contributed by atoms with van der Waals surface area (Å²) in [5.74, 6) is 8.01. The molecular weight excluding hydrogens is 851 g/mol. The zero-order valence-corrected chi connectivity index (χ0v) is 34.8. The van der Waals surface area contributed by atoms with Crippen LogP contribution in [0, 0.1) is 18.1 Å². The van der Waals surface area contributed by atoms with E-state index in [4.69, 9.17) is 14.4 Å². The SMILES string of the molecule is CC(C)Cc1cc(-c2[c-]ccc(C(C)(C)C)c2)nc[c]1[Ge]([CH3])([CH3])[CH3].[Ir].[c-]1ccc2c(oc3nc(-c4ccccc4)ccc32)c1-c1ccccn1. The van der Waals surface area contributed by atoms with Crippen LogP contribution in [-0.4, -0.2) is 28.2 Å². The third-order valence-corrected chi connectivity index (χ3v) is 13.0. The molecule has 0 N–H and O–H groups in total. The monoisotopic (exact) mass is 898 g/mol. The molecule has 0 atom stereocenters. The van der Waals surface area contributed by atoms with Gasteiger partial charge < -0.3 is 9.40 Å². The third kappa shape index (κ3) is 8.51. The fraction of sp³-hybridized carbons (Fsp3) is 0.250. The van der Waals surface area contributed by atoms with Gasteiger partial charge in [0, 0.05) is 37.3 Å². The Bertz CT molecular complexity index is 2200. The Morgan fingerprint density at radius 3 is 2.18 bits per heavy atom. The van der Waals surface area contributed by atoms with Crippen molar-refractivity contribution >= 4 is 39.7 Å². The molecule has 3 aromatic carbocycles. The number of furan rings is 1. The van der Waals surface area contributed by atoms with E-state index in [0.717, 1.165) is 56.5 Å². The normalized spacial score (nSPS) is 11.7. The zero-order chi connectivity index (χ0) is 34.8. The molecule has 0 aliphatic carbocycles. The number of rotatable bonds is 6. The van der Waals surface area contributed by atoms with Crippen LogP contribution in [0.25, 0.3) is 55.8 Å². The summed E-state index contributed by atoms with van der Waals surface area (Å²) in [4.78, 5) is 14.0. The number of hydrogen-bond acceptors (Lipinski definition) is 4. The van der Waals surface area contributed by atoms with Crippen molar-refractivity contribution in [1.82, 2.24) is 15.0 Å². The summed E-state index contributed by atoms with van der Waals surface area (Å²) in [5, 5.41) is 2.03. The summed E-state index contributed by atoms with van der Waals surface area (Å²) in [6, 6.07) is 39.4. The second-order valence-electron chi connectivity index (χ2n) is 15.1. The van der Waals surface area contributed by atoms with Crippen LogP contribution in [0.3, 0.4) is 0 Å². The van der Waals surface area contributed by atoms with Crippen molar-refractivity contribution in [2.75, 3.05) is 0 Å². The van der Waals surface area contributed by atoms with Crippen LogP contribution in [-0.2, 0) is 31.9 Å². The molecule has 0 bridgehead atoms. The minimum Gasteiger partial charge on any atom is -0.486 e. The van der Waals surface area contributed by atoms with Crippen LogP contribution < -0.4 is 4.40 Å². The molecule has 0 amide bonds. The first-order valence-electron chi connectivity index (χ1n) is 17.1. The Balaban J connectivity index is 0.000000191. The van der Waals surface area contributed by atoms with Crippen LogP contribution in [0.15, 0.2) is 114 Å². The molecule has 4 nitrogen and oxygen atoms in total. The summed E-state index contributed by atoms with van der Waals surface area (Å²) in [6.07, 6.45) is 5.06. The number of pyridine rings is 3. The summed E-state index contributed by atoms with van der Waals surface area (Å²) >= 11 is -1.91. The average Bonchev–Trinajstić information content (AvgIpc) is 3.46. The fourth-order valence-corrected chi connectivity index (χ4v) is 9.44. The second kappa shape index (κ2) is 15.6. The molecule has 0 spiro atoms. The molecule has 1 radical (unpaired) electrons. The van der Waals surface area contributed by atoms with Crippen LogP contribution >= 0.6 is 0 Å². The average molecular weight is 897 g/mol. The number of aromatic nitrogens is 3. The molecule has 257 valence electrons. The molecular formula is C44H45GeIrN3O-2. The summed E-state index contributed by atoms with van der Waals surface area (Å²) < 4.78 is 7.66. The maximum atomic E-state index is 6.12. The molecule has 4 aromatic heterocycles. The number of nitrogens with zero attached hydrogens (tertiary/aromatic N) is 3. The van der Waals surface area contributed by atoms with E-state index >= 15 is 0 Å². The van der Waals surface area contributed by atoms with Crippen LogP contribution in [0.5, 0.6) is 0 Å². The van der Waals surface area contributed by atoms with Crippen molar-refractivity contribution in [3.05, 3.63) is 133 Å². The predicted octanol–water partition coefficient (Wildman–Crippen LogP) is 11.1. The van der Waals surface area contributed by atoms with Crippen molar-refractivity contribution in [2.24, 2.45) is 5.92 Å². The molecule has 0 saturated carbocycles. The Morgan fingerprint density at radius 2 is 1.50 bits per heavy atom. The van der Waals surface area contributed by atoms with Crippen molar-refractivity contribution in [2.45, 2.75) is 63.7 Å². The molecule has 0 unspecified atom stereocenters. The van der Waals surface area contributed by atoms with Crippen LogP contribution in [0.4, 0.5) is 0 Å². The van der Waals surface area contributed by atoms with Crippen molar-refractivity contribution in [3.63, 3.8) is 0 Å². The van der Waals surface area contributed by atoms with E-state index in [2.05, 4.69) is 99.5 Å². The van der Waals surface area contributed by atoms with E-state index in [9.17, 15) is 0 Å². The van der Waals surface area contributed by atoms with Gasteiger partial charge >= 0.3 is 151 Å². The van der Waals surface area contributed by atoms with E-state index in [-0.39, 0.29) is 25.5 Å². The van der Waals surface area contributed by atoms with E-state index in [1.54, 1.807) is 10.6 Å². The molecule has 50 heavy (non-hydrogen) atoms. The molecule has 4 heterocycles. The van der Waals surface area contributed by atoms with Gasteiger partial charge in [0.1, 0.15) is 0 Å². The fourth-order valence-electron chi connectivity index (χ4n) is 6.10. The van der Waals surface area contributed by atoms with Gasteiger partial charge in [0.05, 0.1) is 11.3 Å². The van der Waals surface area contributed by atoms with Crippen molar-refractivity contribution < 1.29 is 24.5 Å². The Hall–Kier alpha value is -3.90. The first kappa shape index (κ1) is 37.4. The van der Waals surface area contributed by atoms with Gasteiger partial charge in [-0.2, -0.15) is 0 Å². The van der Waals surface area contributed by atoms with E-state index in [1.165, 1.54) is 11.1 Å². The molecule has 0 aliphatic heterocycles. The quantitative estimate of drug-likeness (QED) is 0.123. The molecule has 7 aromatic rings. The minimum absolute atomic E-state index is 0. The summed E-state index contributed by atoms with van der Waals surface area (Å²) in [6.45, 7) is 11.3. The molecule has 0 fully saturated rings. The standard InChI is InChI=1S/C22H32GeN.C22H13N2O.Ir/c1-16(2)12-18-14-21(24-15-20(18)23(6,7)8)17-10-9-11-19(13-17)22(3,4)5;1-2-7-15(8-3-1)19-13-12-17-16-9-6-10-18(20-11-4-5-14-23-20)21(16)25-22(17)24-19;/h9,11,13-16H,12H2,1-8H3;1-9,11-14H;/q2*-1;. The summed E-state index contributed by atoms with van der Waals surface area (Å²) in [7, 11) is 0. The first-order valence-corrected chi connectivity index (χ1v) is 24.5. The van der Waals surface area contributed by atoms with E-state index in [0.29, 0.717) is 11.6 Å². The Morgan fingerprint density at radius 1 is 0.760 bits per heavy atom. The van der Waals surface area contributed by atoms with Gasteiger partial charge in [-0.1, -0.05) is 53.4 Å². The third-order valence-electron chi connectivity index (χ3n) is 8.66. The maximum Gasteiger partial charge on any atom is 0.216 e.